The van der Waals surface area contributed by atoms with Crippen LogP contribution in [0.1, 0.15) is 191 Å². The summed E-state index contributed by atoms with van der Waals surface area (Å²) in [4.78, 5) is 57.7. The van der Waals surface area contributed by atoms with Crippen LogP contribution in [0.15, 0.2) is 41.3 Å². The van der Waals surface area contributed by atoms with Crippen molar-refractivity contribution >= 4 is 56.4 Å². The van der Waals surface area contributed by atoms with Crippen LogP contribution in [0, 0.1) is 46.3 Å². The minimum absolute atomic E-state index is 0.0244. The molecule has 10 nitrogen and oxygen atoms in total. The Kier molecular flexibility index (Phi) is 16.5. The molecule has 8 aliphatic carbocycles. The van der Waals surface area contributed by atoms with Crippen LogP contribution in [0.5, 0.6) is 5.75 Å². The third kappa shape index (κ3) is 12.0. The zero-order chi connectivity index (χ0) is 47.2. The van der Waals surface area contributed by atoms with E-state index in [2.05, 4.69) is 17.6 Å². The van der Waals surface area contributed by atoms with Crippen molar-refractivity contribution in [2.45, 2.75) is 192 Å². The molecule has 1 unspecified atom stereocenters. The summed E-state index contributed by atoms with van der Waals surface area (Å²) in [5.74, 6) is 0.919. The van der Waals surface area contributed by atoms with Gasteiger partial charge in [-0.3, -0.25) is 14.4 Å². The molecule has 0 aromatic heterocycles. The number of carbonyl (C=O) groups excluding carboxylic acids is 4. The second-order valence-corrected chi connectivity index (χ2v) is 24.9. The van der Waals surface area contributed by atoms with Crippen LogP contribution in [-0.2, 0) is 29.0 Å². The second kappa shape index (κ2) is 22.1. The summed E-state index contributed by atoms with van der Waals surface area (Å²) in [5, 5.41) is 6.13. The van der Waals surface area contributed by atoms with Gasteiger partial charge in [-0.1, -0.05) is 109 Å². The number of unbranched alkanes of at least 4 members (excludes halogenated alkanes) is 13. The van der Waals surface area contributed by atoms with Crippen molar-refractivity contribution in [1.82, 2.24) is 0 Å². The zero-order valence-corrected chi connectivity index (χ0v) is 41.9. The third-order valence-corrected chi connectivity index (χ3v) is 19.0. The molecular formula is C55H77ClN2O8S. The Hall–Kier alpha value is -3.44. The van der Waals surface area contributed by atoms with Crippen molar-refractivity contribution in [2.75, 3.05) is 23.0 Å². The first-order chi connectivity index (χ1) is 32.3. The fraction of sp³-hybridized carbons (Fsp3) is 0.709. The summed E-state index contributed by atoms with van der Waals surface area (Å²) in [6.45, 7) is 4.11. The van der Waals surface area contributed by atoms with Gasteiger partial charge in [-0.2, -0.15) is 0 Å². The van der Waals surface area contributed by atoms with Crippen LogP contribution < -0.4 is 15.4 Å². The summed E-state index contributed by atoms with van der Waals surface area (Å²) in [6.07, 6.45) is 26.9. The maximum absolute atomic E-state index is 15.2. The Morgan fingerprint density at radius 2 is 1.12 bits per heavy atom. The monoisotopic (exact) mass is 961 g/mol. The van der Waals surface area contributed by atoms with E-state index < -0.39 is 38.6 Å². The first-order valence-corrected chi connectivity index (χ1v) is 28.5. The zero-order valence-electron chi connectivity index (χ0n) is 40.4. The smallest absolute Gasteiger partial charge is 0.338 e. The number of hydrogen-bond acceptors (Lipinski definition) is 8. The number of rotatable bonds is 26. The number of Topliss-reactive ketones (excluding diaryl/α,β-unsaturated/α-hetero) is 1. The van der Waals surface area contributed by atoms with E-state index in [0.29, 0.717) is 54.8 Å². The Morgan fingerprint density at radius 3 is 1.63 bits per heavy atom. The summed E-state index contributed by atoms with van der Waals surface area (Å²) in [6, 6.07) is 8.87. The summed E-state index contributed by atoms with van der Waals surface area (Å²) in [5.41, 5.74) is -0.797. The Labute approximate surface area is 405 Å². The maximum Gasteiger partial charge on any atom is 0.338 e. The van der Waals surface area contributed by atoms with Crippen molar-refractivity contribution in [1.29, 1.82) is 0 Å². The van der Waals surface area contributed by atoms with E-state index in [0.717, 1.165) is 77.0 Å². The SMILES string of the molecule is CCCCCCCCCCCCCCCCOC(=O)c1ccc(Cl)c(NC(=O)C(Oc2ccc(S(=O)(=O)CC)cc2NC(=O)C23CC4CC(CC(C4)C2)C3)C(=O)C23CC4CC(CC(C4)C2)C3)c1. The van der Waals surface area contributed by atoms with Gasteiger partial charge in [0.15, 0.2) is 15.6 Å². The molecule has 10 rings (SSSR count). The third-order valence-electron chi connectivity index (χ3n) is 16.9. The first-order valence-electron chi connectivity index (χ1n) is 26.5. The number of nitrogens with one attached hydrogen (secondary N) is 2. The van der Waals surface area contributed by atoms with Crippen molar-refractivity contribution in [3.8, 4) is 5.75 Å². The van der Waals surface area contributed by atoms with E-state index in [4.69, 9.17) is 21.1 Å². The number of carbonyl (C=O) groups is 4. The molecule has 12 heteroatoms. The minimum atomic E-state index is -3.69. The second-order valence-electron chi connectivity index (χ2n) is 22.2. The lowest BCUT2D eigenvalue weighted by Gasteiger charge is -2.56. The van der Waals surface area contributed by atoms with Crippen LogP contribution in [0.25, 0.3) is 0 Å². The lowest BCUT2D eigenvalue weighted by molar-refractivity contribution is -0.154. The normalized spacial score (nSPS) is 28.3. The number of ether oxygens (including phenoxy) is 2. The lowest BCUT2D eigenvalue weighted by atomic mass is 9.48. The molecule has 1 atom stereocenters. The summed E-state index contributed by atoms with van der Waals surface area (Å²) >= 11 is 6.68. The van der Waals surface area contributed by atoms with E-state index in [1.165, 1.54) is 101 Å². The number of esters is 1. The lowest BCUT2D eigenvalue weighted by Crippen LogP contribution is -2.56. The van der Waals surface area contributed by atoms with Gasteiger partial charge in [0.2, 0.25) is 12.0 Å². The largest absolute Gasteiger partial charge is 0.470 e. The number of ketones is 1. The van der Waals surface area contributed by atoms with Crippen LogP contribution >= 0.6 is 11.6 Å². The predicted octanol–water partition coefficient (Wildman–Crippen LogP) is 13.1. The molecule has 8 fully saturated rings. The summed E-state index contributed by atoms with van der Waals surface area (Å²) < 4.78 is 38.7. The number of halogens is 1. The molecule has 2 amide bonds. The molecule has 8 bridgehead atoms. The number of benzene rings is 2. The topological polar surface area (TPSA) is 145 Å². The highest BCUT2D eigenvalue weighted by molar-refractivity contribution is 7.91. The van der Waals surface area contributed by atoms with Crippen molar-refractivity contribution in [3.63, 3.8) is 0 Å². The molecule has 67 heavy (non-hydrogen) atoms. The molecule has 0 heterocycles. The standard InChI is InChI=1S/C55H77ClN2O8S/c1-3-5-6-7-8-9-10-11-12-13-14-15-16-17-22-65-52(61)43-18-20-45(56)46(29-43)57-51(60)49(50(59)54-31-37-23-38(32-54)25-39(24-37)33-54)66-48-21-19-44(67(63,64)4-2)30-47(48)58-53(62)55-34-40-26-41(35-55)28-42(27-40)36-55/h18-21,29-30,37-42,49H,3-17,22-28,31-36H2,1-2H3,(H,57,60)(H,58,62). The quantitative estimate of drug-likeness (QED) is 0.0539. The predicted molar refractivity (Wildman–Crippen MR) is 264 cm³/mol. The highest BCUT2D eigenvalue weighted by Crippen LogP contribution is 2.62. The van der Waals surface area contributed by atoms with Crippen LogP contribution in [0.2, 0.25) is 5.02 Å². The van der Waals surface area contributed by atoms with Crippen LogP contribution in [0.4, 0.5) is 11.4 Å². The maximum atomic E-state index is 15.2. The van der Waals surface area contributed by atoms with Crippen molar-refractivity contribution in [3.05, 3.63) is 47.0 Å². The summed E-state index contributed by atoms with van der Waals surface area (Å²) in [7, 11) is -3.69. The van der Waals surface area contributed by atoms with Crippen molar-refractivity contribution < 1.29 is 37.1 Å². The van der Waals surface area contributed by atoms with Gasteiger partial charge in [0, 0.05) is 5.41 Å². The number of hydrogen-bond donors (Lipinski definition) is 2. The van der Waals surface area contributed by atoms with Gasteiger partial charge in [-0.15, -0.1) is 0 Å². The fourth-order valence-electron chi connectivity index (χ4n) is 14.2. The molecule has 0 radical (unpaired) electrons. The Morgan fingerprint density at radius 1 is 0.627 bits per heavy atom. The van der Waals surface area contributed by atoms with Gasteiger partial charge in [-0.25, -0.2) is 13.2 Å². The van der Waals surface area contributed by atoms with Gasteiger partial charge in [0.05, 0.1) is 44.6 Å². The number of amides is 2. The number of sulfone groups is 1. The van der Waals surface area contributed by atoms with E-state index in [1.807, 2.05) is 0 Å². The molecule has 2 aromatic carbocycles. The molecule has 8 saturated carbocycles. The molecule has 0 spiro atoms. The highest BCUT2D eigenvalue weighted by atomic mass is 35.5. The van der Waals surface area contributed by atoms with Crippen molar-refractivity contribution in [2.24, 2.45) is 46.3 Å². The van der Waals surface area contributed by atoms with E-state index in [-0.39, 0.29) is 56.7 Å². The van der Waals surface area contributed by atoms with E-state index >= 15 is 4.79 Å². The minimum Gasteiger partial charge on any atom is -0.470 e. The van der Waals surface area contributed by atoms with E-state index in [9.17, 15) is 22.8 Å². The molecule has 2 N–H and O–H groups in total. The van der Waals surface area contributed by atoms with Crippen LogP contribution in [0.3, 0.4) is 0 Å². The Balaban J connectivity index is 0.940. The molecule has 0 saturated heterocycles. The van der Waals surface area contributed by atoms with Gasteiger partial charge in [0.25, 0.3) is 5.91 Å². The average molecular weight is 962 g/mol. The van der Waals surface area contributed by atoms with Gasteiger partial charge >= 0.3 is 5.97 Å². The molecule has 8 aliphatic rings. The van der Waals surface area contributed by atoms with Gasteiger partial charge in [-0.05, 0) is 155 Å². The Bertz CT molecular complexity index is 2140. The molecule has 2 aromatic rings. The first kappa shape index (κ1) is 50.0. The highest BCUT2D eigenvalue weighted by Gasteiger charge is 2.58. The molecular weight excluding hydrogens is 884 g/mol. The van der Waals surface area contributed by atoms with E-state index in [1.54, 1.807) is 13.0 Å². The average Bonchev–Trinajstić information content (AvgIpc) is 3.29. The molecule has 0 aliphatic heterocycles. The number of anilines is 2. The van der Waals surface area contributed by atoms with Gasteiger partial charge < -0.3 is 20.1 Å². The van der Waals surface area contributed by atoms with Gasteiger partial charge in [0.1, 0.15) is 5.75 Å². The molecule has 368 valence electrons. The van der Waals surface area contributed by atoms with Crippen LogP contribution in [-0.4, -0.2) is 50.4 Å². The fourth-order valence-corrected chi connectivity index (χ4v) is 15.3.